The summed E-state index contributed by atoms with van der Waals surface area (Å²) in [7, 11) is 0. The van der Waals surface area contributed by atoms with Crippen LogP contribution in [0.25, 0.3) is 6.08 Å². The maximum atomic E-state index is 10.6. The number of carbonyl (C=O) groups excluding carboxylic acids is 1. The lowest BCUT2D eigenvalue weighted by atomic mass is 10.1. The van der Waals surface area contributed by atoms with Crippen molar-refractivity contribution in [2.75, 3.05) is 0 Å². The maximum absolute atomic E-state index is 10.6. The Morgan fingerprint density at radius 1 is 1.47 bits per heavy atom. The van der Waals surface area contributed by atoms with Crippen LogP contribution < -0.4 is 11.1 Å². The topological polar surface area (TPSA) is 79.0 Å². The zero-order chi connectivity index (χ0) is 11.3. The summed E-state index contributed by atoms with van der Waals surface area (Å²) in [4.78, 5) is 10.6. The molecule has 4 N–H and O–H groups in total. The molecular formula is C11H13N3O. The van der Waals surface area contributed by atoms with Crippen LogP contribution in [-0.4, -0.2) is 11.7 Å². The highest BCUT2D eigenvalue weighted by Gasteiger charge is 2.00. The molecule has 4 nitrogen and oxygen atoms in total. The lowest BCUT2D eigenvalue weighted by molar-refractivity contribution is -0.118. The molecule has 0 atom stereocenters. The van der Waals surface area contributed by atoms with Crippen molar-refractivity contribution >= 4 is 17.8 Å². The molecule has 0 heterocycles. The van der Waals surface area contributed by atoms with Crippen LogP contribution in [0.15, 0.2) is 30.5 Å². The third-order valence-corrected chi connectivity index (χ3v) is 1.80. The van der Waals surface area contributed by atoms with E-state index in [9.17, 15) is 4.79 Å². The number of amidine groups is 1. The minimum Gasteiger partial charge on any atom is -0.384 e. The molecule has 1 amide bonds. The molecule has 0 bridgehead atoms. The smallest absolute Gasteiger partial charge is 0.220 e. The molecule has 1 aromatic carbocycles. The summed E-state index contributed by atoms with van der Waals surface area (Å²) in [5.41, 5.74) is 6.86. The zero-order valence-corrected chi connectivity index (χ0v) is 8.45. The van der Waals surface area contributed by atoms with Crippen molar-refractivity contribution in [1.82, 2.24) is 5.32 Å². The van der Waals surface area contributed by atoms with E-state index in [0.29, 0.717) is 5.56 Å². The first kappa shape index (κ1) is 11.0. The lowest BCUT2D eigenvalue weighted by Crippen LogP contribution is -2.13. The molecule has 0 unspecified atom stereocenters. The van der Waals surface area contributed by atoms with Crippen molar-refractivity contribution in [2.24, 2.45) is 5.73 Å². The van der Waals surface area contributed by atoms with Gasteiger partial charge >= 0.3 is 0 Å². The second kappa shape index (κ2) is 4.95. The minimum atomic E-state index is -0.133. The van der Waals surface area contributed by atoms with Crippen LogP contribution in [0.3, 0.4) is 0 Å². The molecule has 0 saturated carbocycles. The Kier molecular flexibility index (Phi) is 3.62. The van der Waals surface area contributed by atoms with E-state index in [1.165, 1.54) is 13.1 Å². The number of benzene rings is 1. The number of nitrogen functional groups attached to an aromatic ring is 1. The maximum Gasteiger partial charge on any atom is 0.220 e. The second-order valence-electron chi connectivity index (χ2n) is 3.03. The van der Waals surface area contributed by atoms with Gasteiger partial charge in [0.05, 0.1) is 0 Å². The van der Waals surface area contributed by atoms with Crippen LogP contribution in [0.4, 0.5) is 0 Å². The summed E-state index contributed by atoms with van der Waals surface area (Å²) in [6, 6.07) is 7.25. The quantitative estimate of drug-likeness (QED) is 0.507. The van der Waals surface area contributed by atoms with Crippen LogP contribution in [0.5, 0.6) is 0 Å². The van der Waals surface area contributed by atoms with Crippen molar-refractivity contribution in [3.8, 4) is 0 Å². The number of nitrogens with two attached hydrogens (primary N) is 1. The number of nitrogens with one attached hydrogen (secondary N) is 2. The Labute approximate surface area is 88.3 Å². The molecule has 0 spiro atoms. The van der Waals surface area contributed by atoms with Crippen LogP contribution in [0, 0.1) is 5.41 Å². The molecule has 0 aromatic heterocycles. The van der Waals surface area contributed by atoms with Crippen molar-refractivity contribution in [3.63, 3.8) is 0 Å². The first-order valence-corrected chi connectivity index (χ1v) is 4.48. The molecule has 78 valence electrons. The van der Waals surface area contributed by atoms with E-state index < -0.39 is 0 Å². The Balaban J connectivity index is 2.89. The summed E-state index contributed by atoms with van der Waals surface area (Å²) in [5.74, 6) is -0.121. The van der Waals surface area contributed by atoms with Gasteiger partial charge in [-0.3, -0.25) is 10.2 Å². The molecule has 0 saturated heterocycles. The van der Waals surface area contributed by atoms with Crippen LogP contribution in [0.2, 0.25) is 0 Å². The summed E-state index contributed by atoms with van der Waals surface area (Å²) in [5, 5.41) is 9.88. The van der Waals surface area contributed by atoms with Crippen LogP contribution in [0.1, 0.15) is 18.1 Å². The summed E-state index contributed by atoms with van der Waals surface area (Å²) >= 11 is 0. The molecule has 4 heteroatoms. The van der Waals surface area contributed by atoms with Gasteiger partial charge in [-0.15, -0.1) is 0 Å². The standard InChI is InChI=1S/C11H13N3O/c1-8(15)14-7-6-9-4-2-3-5-10(9)11(12)13/h2-7H,1H3,(H3,12,13)(H,14,15). The largest absolute Gasteiger partial charge is 0.384 e. The average molecular weight is 203 g/mol. The molecule has 15 heavy (non-hydrogen) atoms. The Morgan fingerprint density at radius 2 is 2.13 bits per heavy atom. The Hall–Kier alpha value is -2.10. The van der Waals surface area contributed by atoms with Gasteiger partial charge in [-0.1, -0.05) is 24.3 Å². The highest BCUT2D eigenvalue weighted by atomic mass is 16.1. The van der Waals surface area contributed by atoms with Gasteiger partial charge in [0.2, 0.25) is 5.91 Å². The van der Waals surface area contributed by atoms with Gasteiger partial charge in [0, 0.05) is 18.7 Å². The molecule has 0 aliphatic rings. The van der Waals surface area contributed by atoms with Crippen molar-refractivity contribution < 1.29 is 4.79 Å². The number of carbonyl (C=O) groups is 1. The van der Waals surface area contributed by atoms with E-state index in [0.717, 1.165) is 5.56 Å². The zero-order valence-electron chi connectivity index (χ0n) is 8.45. The summed E-state index contributed by atoms with van der Waals surface area (Å²) < 4.78 is 0. The third kappa shape index (κ3) is 3.27. The fraction of sp³-hybridized carbons (Fsp3) is 0.0909. The van der Waals surface area contributed by atoms with Gasteiger partial charge in [0.15, 0.2) is 0 Å². The molecular weight excluding hydrogens is 190 g/mol. The minimum absolute atomic E-state index is 0.0121. The van der Waals surface area contributed by atoms with Gasteiger partial charge in [0.1, 0.15) is 5.84 Å². The molecule has 0 aliphatic heterocycles. The first-order valence-electron chi connectivity index (χ1n) is 4.48. The SMILES string of the molecule is CC(=O)NC=Cc1ccccc1C(=N)N. The molecule has 0 aliphatic carbocycles. The first-order chi connectivity index (χ1) is 7.11. The fourth-order valence-electron chi connectivity index (χ4n) is 1.14. The van der Waals surface area contributed by atoms with Gasteiger partial charge in [-0.25, -0.2) is 0 Å². The van der Waals surface area contributed by atoms with E-state index in [-0.39, 0.29) is 11.7 Å². The molecule has 1 rings (SSSR count). The number of hydrogen-bond acceptors (Lipinski definition) is 2. The number of hydrogen-bond donors (Lipinski definition) is 3. The van der Waals surface area contributed by atoms with Crippen molar-refractivity contribution in [2.45, 2.75) is 6.92 Å². The van der Waals surface area contributed by atoms with E-state index >= 15 is 0 Å². The number of amides is 1. The highest BCUT2D eigenvalue weighted by molar-refractivity contribution is 5.98. The molecule has 1 aromatic rings. The Morgan fingerprint density at radius 3 is 2.73 bits per heavy atom. The van der Waals surface area contributed by atoms with E-state index in [1.807, 2.05) is 18.2 Å². The van der Waals surface area contributed by atoms with E-state index in [2.05, 4.69) is 5.32 Å². The predicted molar refractivity (Wildman–Crippen MR) is 60.3 cm³/mol. The van der Waals surface area contributed by atoms with E-state index in [4.69, 9.17) is 11.1 Å². The predicted octanol–water partition coefficient (Wildman–Crippen LogP) is 1.08. The lowest BCUT2D eigenvalue weighted by Gasteiger charge is -2.02. The average Bonchev–Trinajstić information content (AvgIpc) is 2.17. The van der Waals surface area contributed by atoms with Crippen molar-refractivity contribution in [3.05, 3.63) is 41.6 Å². The van der Waals surface area contributed by atoms with Crippen LogP contribution >= 0.6 is 0 Å². The fourth-order valence-corrected chi connectivity index (χ4v) is 1.14. The monoisotopic (exact) mass is 203 g/mol. The van der Waals surface area contributed by atoms with Crippen molar-refractivity contribution in [1.29, 1.82) is 5.41 Å². The van der Waals surface area contributed by atoms with Gasteiger partial charge in [-0.2, -0.15) is 0 Å². The van der Waals surface area contributed by atoms with Crippen LogP contribution in [-0.2, 0) is 4.79 Å². The van der Waals surface area contributed by atoms with E-state index in [1.54, 1.807) is 12.1 Å². The third-order valence-electron chi connectivity index (χ3n) is 1.80. The Bertz CT molecular complexity index is 410. The summed E-state index contributed by atoms with van der Waals surface area (Å²) in [6.07, 6.45) is 3.24. The van der Waals surface area contributed by atoms with Gasteiger partial charge in [0.25, 0.3) is 0 Å². The van der Waals surface area contributed by atoms with Gasteiger partial charge in [-0.05, 0) is 11.6 Å². The molecule has 0 fully saturated rings. The highest BCUT2D eigenvalue weighted by Crippen LogP contribution is 2.09. The second-order valence-corrected chi connectivity index (χ2v) is 3.03. The summed E-state index contributed by atoms with van der Waals surface area (Å²) in [6.45, 7) is 1.43. The number of rotatable bonds is 3. The van der Waals surface area contributed by atoms with Gasteiger partial charge < -0.3 is 11.1 Å². The normalized spacial score (nSPS) is 10.2. The molecule has 0 radical (unpaired) electrons.